The van der Waals surface area contributed by atoms with Crippen molar-refractivity contribution in [1.29, 1.82) is 5.41 Å². The van der Waals surface area contributed by atoms with E-state index in [1.54, 1.807) is 7.11 Å². The number of hydrogen-bond donors (Lipinski definition) is 2. The maximum atomic E-state index is 7.26. The third-order valence-electron chi connectivity index (χ3n) is 2.78. The molecule has 0 amide bonds. The Kier molecular flexibility index (Phi) is 5.95. The zero-order valence-corrected chi connectivity index (χ0v) is 11.6. The van der Waals surface area contributed by atoms with E-state index >= 15 is 0 Å². The maximum Gasteiger partial charge on any atom is 0.123 e. The van der Waals surface area contributed by atoms with Gasteiger partial charge in [0.05, 0.1) is 12.9 Å². The lowest BCUT2D eigenvalue weighted by Crippen LogP contribution is -2.27. The van der Waals surface area contributed by atoms with Crippen LogP contribution in [0.15, 0.2) is 18.2 Å². The Balaban J connectivity index is 2.74. The number of nitrogens with zero attached hydrogens (tertiary/aromatic N) is 1. The number of ether oxygens (including phenoxy) is 1. The molecule has 1 rings (SSSR count). The third kappa shape index (κ3) is 4.55. The van der Waals surface area contributed by atoms with Gasteiger partial charge in [0, 0.05) is 30.1 Å². The number of benzene rings is 1. The highest BCUT2D eigenvalue weighted by molar-refractivity contribution is 6.30. The van der Waals surface area contributed by atoms with E-state index in [1.807, 2.05) is 18.2 Å². The summed E-state index contributed by atoms with van der Waals surface area (Å²) in [6.07, 6.45) is 0.580. The predicted octanol–water partition coefficient (Wildman–Crippen LogP) is 2.50. The molecule has 1 aromatic carbocycles. The molecular weight excluding hydrogens is 250 g/mol. The largest absolute Gasteiger partial charge is 0.496 e. The van der Waals surface area contributed by atoms with E-state index in [2.05, 4.69) is 11.8 Å². The summed E-state index contributed by atoms with van der Waals surface area (Å²) in [5.74, 6) is 1.05. The number of methoxy groups -OCH3 is 1. The molecule has 0 heterocycles. The van der Waals surface area contributed by atoms with Gasteiger partial charge < -0.3 is 10.5 Å². The molecule has 1 aromatic rings. The fraction of sp³-hybridized carbons (Fsp3) is 0.462. The molecule has 0 bridgehead atoms. The van der Waals surface area contributed by atoms with Crippen LogP contribution in [0.1, 0.15) is 18.9 Å². The SMILES string of the molecule is CCN(CCC(=N)N)Cc1cc(Cl)ccc1OC. The normalized spacial score (nSPS) is 10.7. The monoisotopic (exact) mass is 269 g/mol. The molecule has 0 saturated heterocycles. The lowest BCUT2D eigenvalue weighted by Gasteiger charge is -2.21. The van der Waals surface area contributed by atoms with Crippen molar-refractivity contribution >= 4 is 17.4 Å². The van der Waals surface area contributed by atoms with Crippen molar-refractivity contribution < 1.29 is 4.74 Å². The summed E-state index contributed by atoms with van der Waals surface area (Å²) >= 11 is 6.00. The molecule has 0 atom stereocenters. The van der Waals surface area contributed by atoms with E-state index in [-0.39, 0.29) is 5.84 Å². The minimum absolute atomic E-state index is 0.214. The van der Waals surface area contributed by atoms with E-state index in [0.717, 1.165) is 30.9 Å². The van der Waals surface area contributed by atoms with Crippen molar-refractivity contribution in [3.8, 4) is 5.75 Å². The summed E-state index contributed by atoms with van der Waals surface area (Å²) in [6.45, 7) is 4.48. The van der Waals surface area contributed by atoms with Crippen LogP contribution in [0.5, 0.6) is 5.75 Å². The van der Waals surface area contributed by atoms with E-state index in [9.17, 15) is 0 Å². The van der Waals surface area contributed by atoms with Crippen LogP contribution in [0.2, 0.25) is 5.02 Å². The Morgan fingerprint density at radius 1 is 1.50 bits per heavy atom. The quantitative estimate of drug-likeness (QED) is 0.591. The van der Waals surface area contributed by atoms with Crippen LogP contribution in [0.3, 0.4) is 0 Å². The van der Waals surface area contributed by atoms with E-state index < -0.39 is 0 Å². The number of nitrogens with one attached hydrogen (secondary N) is 1. The first kappa shape index (κ1) is 14.8. The van der Waals surface area contributed by atoms with Crippen LogP contribution < -0.4 is 10.5 Å². The second kappa shape index (κ2) is 7.24. The van der Waals surface area contributed by atoms with Crippen molar-refractivity contribution in [3.05, 3.63) is 28.8 Å². The first-order valence-electron chi connectivity index (χ1n) is 5.94. The molecule has 0 radical (unpaired) electrons. The average Bonchev–Trinajstić information content (AvgIpc) is 2.34. The zero-order chi connectivity index (χ0) is 13.5. The van der Waals surface area contributed by atoms with E-state index in [4.69, 9.17) is 27.5 Å². The van der Waals surface area contributed by atoms with Crippen molar-refractivity contribution in [2.45, 2.75) is 19.9 Å². The van der Waals surface area contributed by atoms with Gasteiger partial charge in [-0.2, -0.15) is 0 Å². The molecule has 0 aliphatic heterocycles. The second-order valence-corrected chi connectivity index (χ2v) is 4.54. The summed E-state index contributed by atoms with van der Waals surface area (Å²) < 4.78 is 5.32. The molecule has 0 aromatic heterocycles. The Bertz CT molecular complexity index is 409. The van der Waals surface area contributed by atoms with Crippen LogP contribution >= 0.6 is 11.6 Å². The molecule has 0 saturated carbocycles. The Labute approximate surface area is 113 Å². The van der Waals surface area contributed by atoms with Gasteiger partial charge in [-0.1, -0.05) is 18.5 Å². The molecule has 18 heavy (non-hydrogen) atoms. The van der Waals surface area contributed by atoms with Gasteiger partial charge in [0.15, 0.2) is 0 Å². The first-order valence-corrected chi connectivity index (χ1v) is 6.32. The molecular formula is C13H20ClN3O. The van der Waals surface area contributed by atoms with Crippen LogP contribution in [-0.2, 0) is 6.54 Å². The van der Waals surface area contributed by atoms with Crippen molar-refractivity contribution in [1.82, 2.24) is 4.90 Å². The second-order valence-electron chi connectivity index (χ2n) is 4.10. The van der Waals surface area contributed by atoms with Gasteiger partial charge in [0.25, 0.3) is 0 Å². The highest BCUT2D eigenvalue weighted by Crippen LogP contribution is 2.24. The van der Waals surface area contributed by atoms with Gasteiger partial charge in [0.1, 0.15) is 5.75 Å². The topological polar surface area (TPSA) is 62.3 Å². The van der Waals surface area contributed by atoms with Crippen LogP contribution in [0.4, 0.5) is 0 Å². The zero-order valence-electron chi connectivity index (χ0n) is 10.9. The number of nitrogens with two attached hydrogens (primary N) is 1. The molecule has 5 heteroatoms. The summed E-state index contributed by atoms with van der Waals surface area (Å²) in [4.78, 5) is 2.20. The molecule has 0 spiro atoms. The fourth-order valence-electron chi connectivity index (χ4n) is 1.74. The van der Waals surface area contributed by atoms with Crippen molar-refractivity contribution in [2.24, 2.45) is 5.73 Å². The predicted molar refractivity (Wildman–Crippen MR) is 75.5 cm³/mol. The van der Waals surface area contributed by atoms with Gasteiger partial charge in [-0.05, 0) is 24.7 Å². The van der Waals surface area contributed by atoms with Crippen LogP contribution in [0.25, 0.3) is 0 Å². The minimum Gasteiger partial charge on any atom is -0.496 e. The molecule has 3 N–H and O–H groups in total. The van der Waals surface area contributed by atoms with Crippen LogP contribution in [-0.4, -0.2) is 30.9 Å². The minimum atomic E-state index is 0.214. The molecule has 0 aliphatic carbocycles. The van der Waals surface area contributed by atoms with E-state index in [0.29, 0.717) is 11.4 Å². The van der Waals surface area contributed by atoms with Crippen LogP contribution in [0, 0.1) is 5.41 Å². The van der Waals surface area contributed by atoms with Gasteiger partial charge in [-0.3, -0.25) is 10.3 Å². The molecule has 100 valence electrons. The maximum absolute atomic E-state index is 7.26. The Hall–Kier alpha value is -1.26. The molecule has 4 nitrogen and oxygen atoms in total. The highest BCUT2D eigenvalue weighted by Gasteiger charge is 2.09. The molecule has 0 unspecified atom stereocenters. The Morgan fingerprint density at radius 3 is 2.78 bits per heavy atom. The van der Waals surface area contributed by atoms with Crippen molar-refractivity contribution in [3.63, 3.8) is 0 Å². The third-order valence-corrected chi connectivity index (χ3v) is 3.02. The lowest BCUT2D eigenvalue weighted by molar-refractivity contribution is 0.282. The average molecular weight is 270 g/mol. The summed E-state index contributed by atoms with van der Waals surface area (Å²) in [5, 5.41) is 7.96. The number of halogens is 1. The molecule has 0 aliphatic rings. The summed E-state index contributed by atoms with van der Waals surface area (Å²) in [6, 6.07) is 5.60. The number of amidine groups is 1. The summed E-state index contributed by atoms with van der Waals surface area (Å²) in [5.41, 5.74) is 6.43. The van der Waals surface area contributed by atoms with Gasteiger partial charge in [-0.25, -0.2) is 0 Å². The van der Waals surface area contributed by atoms with Gasteiger partial charge in [-0.15, -0.1) is 0 Å². The van der Waals surface area contributed by atoms with E-state index in [1.165, 1.54) is 0 Å². The van der Waals surface area contributed by atoms with Gasteiger partial charge in [0.2, 0.25) is 0 Å². The smallest absolute Gasteiger partial charge is 0.123 e. The number of rotatable bonds is 7. The first-order chi connectivity index (χ1) is 8.56. The standard InChI is InChI=1S/C13H20ClN3O/c1-3-17(7-6-13(15)16)9-10-8-11(14)4-5-12(10)18-2/h4-5,8H,3,6-7,9H2,1-2H3,(H3,15,16). The lowest BCUT2D eigenvalue weighted by atomic mass is 10.2. The molecule has 0 fully saturated rings. The number of hydrogen-bond acceptors (Lipinski definition) is 3. The Morgan fingerprint density at radius 2 is 2.22 bits per heavy atom. The fourth-order valence-corrected chi connectivity index (χ4v) is 1.93. The highest BCUT2D eigenvalue weighted by atomic mass is 35.5. The summed E-state index contributed by atoms with van der Waals surface area (Å²) in [7, 11) is 1.65. The van der Waals surface area contributed by atoms with Crippen molar-refractivity contribution in [2.75, 3.05) is 20.2 Å². The van der Waals surface area contributed by atoms with Gasteiger partial charge >= 0.3 is 0 Å².